The van der Waals surface area contributed by atoms with Crippen LogP contribution in [0.1, 0.15) is 38.4 Å². The molecule has 0 bridgehead atoms. The van der Waals surface area contributed by atoms with Gasteiger partial charge >= 0.3 is 0 Å². The van der Waals surface area contributed by atoms with E-state index < -0.39 is 6.10 Å². The largest absolute Gasteiger partial charge is 0.490 e. The monoisotopic (exact) mass is 272 g/mol. The van der Waals surface area contributed by atoms with Crippen LogP contribution in [0.5, 0.6) is 11.5 Å². The van der Waals surface area contributed by atoms with Crippen LogP contribution in [0, 0.1) is 0 Å². The van der Waals surface area contributed by atoms with Crippen LogP contribution in [0.3, 0.4) is 0 Å². The molecule has 0 aliphatic rings. The summed E-state index contributed by atoms with van der Waals surface area (Å²) >= 11 is 5.64. The van der Waals surface area contributed by atoms with Gasteiger partial charge in [-0.05, 0) is 30.5 Å². The van der Waals surface area contributed by atoms with Crippen molar-refractivity contribution in [3.8, 4) is 11.5 Å². The van der Waals surface area contributed by atoms with E-state index in [1.807, 2.05) is 19.1 Å². The molecule has 4 heteroatoms. The van der Waals surface area contributed by atoms with Crippen LogP contribution < -0.4 is 9.47 Å². The molecule has 0 unspecified atom stereocenters. The van der Waals surface area contributed by atoms with Crippen molar-refractivity contribution < 1.29 is 14.6 Å². The summed E-state index contributed by atoms with van der Waals surface area (Å²) in [5, 5.41) is 9.72. The number of hydrogen-bond donors (Lipinski definition) is 1. The van der Waals surface area contributed by atoms with Crippen molar-refractivity contribution >= 4 is 11.6 Å². The molecule has 0 radical (unpaired) electrons. The van der Waals surface area contributed by atoms with Crippen LogP contribution in [0.25, 0.3) is 0 Å². The Balaban J connectivity index is 2.88. The van der Waals surface area contributed by atoms with Gasteiger partial charge in [-0.2, -0.15) is 0 Å². The summed E-state index contributed by atoms with van der Waals surface area (Å²) in [6, 6.07) is 5.44. The normalized spacial score (nSPS) is 12.2. The first-order valence-electron chi connectivity index (χ1n) is 6.36. The molecule has 1 atom stereocenters. The zero-order valence-corrected chi connectivity index (χ0v) is 11.7. The Morgan fingerprint density at radius 1 is 1.11 bits per heavy atom. The van der Waals surface area contributed by atoms with E-state index in [1.165, 1.54) is 0 Å². The number of hydrogen-bond acceptors (Lipinski definition) is 3. The molecule has 3 nitrogen and oxygen atoms in total. The molecule has 0 aliphatic heterocycles. The Labute approximate surface area is 114 Å². The van der Waals surface area contributed by atoms with Gasteiger partial charge in [-0.15, -0.1) is 11.6 Å². The smallest absolute Gasteiger partial charge is 0.161 e. The Kier molecular flexibility index (Phi) is 6.91. The molecule has 0 heterocycles. The topological polar surface area (TPSA) is 38.7 Å². The van der Waals surface area contributed by atoms with Crippen molar-refractivity contribution in [1.29, 1.82) is 0 Å². The van der Waals surface area contributed by atoms with Gasteiger partial charge in [0, 0.05) is 0 Å². The van der Waals surface area contributed by atoms with Gasteiger partial charge in [0.15, 0.2) is 11.5 Å². The maximum atomic E-state index is 9.72. The maximum Gasteiger partial charge on any atom is 0.161 e. The molecule has 0 saturated carbocycles. The molecule has 1 aromatic carbocycles. The van der Waals surface area contributed by atoms with Crippen molar-refractivity contribution in [3.63, 3.8) is 0 Å². The molecular weight excluding hydrogens is 252 g/mol. The minimum Gasteiger partial charge on any atom is -0.490 e. The van der Waals surface area contributed by atoms with Gasteiger partial charge in [-0.1, -0.05) is 19.9 Å². The molecule has 18 heavy (non-hydrogen) atoms. The van der Waals surface area contributed by atoms with Gasteiger partial charge in [0.1, 0.15) is 0 Å². The molecule has 1 N–H and O–H groups in total. The Hall–Kier alpha value is -0.930. The number of ether oxygens (including phenoxy) is 2. The summed E-state index contributed by atoms with van der Waals surface area (Å²) in [6.45, 7) is 5.38. The highest BCUT2D eigenvalue weighted by atomic mass is 35.5. The molecule has 1 rings (SSSR count). The Bertz CT molecular complexity index is 355. The van der Waals surface area contributed by atoms with Crippen LogP contribution in [0.2, 0.25) is 0 Å². The van der Waals surface area contributed by atoms with Gasteiger partial charge in [0.05, 0.1) is 25.2 Å². The first kappa shape index (κ1) is 15.1. The molecule has 0 saturated heterocycles. The number of halogens is 1. The van der Waals surface area contributed by atoms with Crippen LogP contribution >= 0.6 is 11.6 Å². The summed E-state index contributed by atoms with van der Waals surface area (Å²) in [5.74, 6) is 1.56. The number of rotatable bonds is 8. The van der Waals surface area contributed by atoms with E-state index in [0.29, 0.717) is 19.0 Å². The molecule has 0 spiro atoms. The number of aliphatic hydroxyl groups excluding tert-OH is 1. The molecule has 1 aromatic rings. The molecule has 0 amide bonds. The quantitative estimate of drug-likeness (QED) is 0.736. The van der Waals surface area contributed by atoms with Crippen LogP contribution in [-0.4, -0.2) is 24.2 Å². The van der Waals surface area contributed by atoms with Crippen LogP contribution in [0.15, 0.2) is 18.2 Å². The lowest BCUT2D eigenvalue weighted by atomic mass is 10.1. The predicted molar refractivity (Wildman–Crippen MR) is 73.7 cm³/mol. The summed E-state index contributed by atoms with van der Waals surface area (Å²) in [5.41, 5.74) is 0.750. The third-order valence-corrected chi connectivity index (χ3v) is 2.71. The number of aliphatic hydroxyl groups is 1. The summed E-state index contributed by atoms with van der Waals surface area (Å²) in [4.78, 5) is 0. The first-order valence-corrected chi connectivity index (χ1v) is 6.89. The van der Waals surface area contributed by atoms with Crippen LogP contribution in [-0.2, 0) is 0 Å². The fraction of sp³-hybridized carbons (Fsp3) is 0.571. The second-order valence-electron chi connectivity index (χ2n) is 4.07. The van der Waals surface area contributed by atoms with Crippen LogP contribution in [0.4, 0.5) is 0 Å². The second-order valence-corrected chi connectivity index (χ2v) is 4.38. The van der Waals surface area contributed by atoms with Gasteiger partial charge in [0.25, 0.3) is 0 Å². The fourth-order valence-electron chi connectivity index (χ4n) is 1.48. The van der Waals surface area contributed by atoms with Gasteiger partial charge in [0.2, 0.25) is 0 Å². The van der Waals surface area contributed by atoms with Crippen molar-refractivity contribution in [2.24, 2.45) is 0 Å². The van der Waals surface area contributed by atoms with Gasteiger partial charge in [-0.25, -0.2) is 0 Å². The van der Waals surface area contributed by atoms with E-state index in [2.05, 4.69) is 6.92 Å². The van der Waals surface area contributed by atoms with Gasteiger partial charge < -0.3 is 14.6 Å². The van der Waals surface area contributed by atoms with E-state index in [9.17, 15) is 5.11 Å². The molecule has 0 aliphatic carbocycles. The highest BCUT2D eigenvalue weighted by Crippen LogP contribution is 2.31. The second kappa shape index (κ2) is 8.22. The van der Waals surface area contributed by atoms with E-state index in [-0.39, 0.29) is 5.88 Å². The minimum atomic E-state index is -0.670. The third kappa shape index (κ3) is 4.39. The van der Waals surface area contributed by atoms with E-state index in [4.69, 9.17) is 21.1 Å². The molecule has 0 fully saturated rings. The maximum absolute atomic E-state index is 9.72. The van der Waals surface area contributed by atoms with E-state index >= 15 is 0 Å². The summed E-state index contributed by atoms with van der Waals surface area (Å²) in [6.07, 6.45) is 1.20. The third-order valence-electron chi connectivity index (χ3n) is 2.42. The van der Waals surface area contributed by atoms with Crippen molar-refractivity contribution in [1.82, 2.24) is 0 Å². The summed E-state index contributed by atoms with van der Waals surface area (Å²) < 4.78 is 11.3. The SMILES string of the molecule is CCCOc1ccc([C@@H](O)CCl)cc1OCCC. The molecular formula is C14H21ClO3. The van der Waals surface area contributed by atoms with Gasteiger partial charge in [-0.3, -0.25) is 0 Å². The summed E-state index contributed by atoms with van der Waals surface area (Å²) in [7, 11) is 0. The lowest BCUT2D eigenvalue weighted by molar-refractivity contribution is 0.201. The zero-order valence-electron chi connectivity index (χ0n) is 11.0. The first-order chi connectivity index (χ1) is 8.72. The Morgan fingerprint density at radius 2 is 1.72 bits per heavy atom. The van der Waals surface area contributed by atoms with E-state index in [0.717, 1.165) is 24.2 Å². The predicted octanol–water partition coefficient (Wildman–Crippen LogP) is 3.54. The number of benzene rings is 1. The average molecular weight is 273 g/mol. The highest BCUT2D eigenvalue weighted by molar-refractivity contribution is 6.18. The highest BCUT2D eigenvalue weighted by Gasteiger charge is 2.11. The fourth-order valence-corrected chi connectivity index (χ4v) is 1.66. The van der Waals surface area contributed by atoms with Crippen molar-refractivity contribution in [2.75, 3.05) is 19.1 Å². The molecule has 0 aromatic heterocycles. The van der Waals surface area contributed by atoms with Crippen molar-refractivity contribution in [3.05, 3.63) is 23.8 Å². The standard InChI is InChI=1S/C14H21ClO3/c1-3-7-17-13-6-5-11(12(16)10-15)9-14(13)18-8-4-2/h5-6,9,12,16H,3-4,7-8,10H2,1-2H3/t12-/m0/s1. The number of alkyl halides is 1. The zero-order chi connectivity index (χ0) is 13.4. The molecule has 102 valence electrons. The average Bonchev–Trinajstić information content (AvgIpc) is 2.42. The lowest BCUT2D eigenvalue weighted by Gasteiger charge is -2.15. The lowest BCUT2D eigenvalue weighted by Crippen LogP contribution is -2.04. The van der Waals surface area contributed by atoms with Crippen molar-refractivity contribution in [2.45, 2.75) is 32.8 Å². The Morgan fingerprint density at radius 3 is 2.28 bits per heavy atom. The van der Waals surface area contributed by atoms with E-state index in [1.54, 1.807) is 6.07 Å². The minimum absolute atomic E-state index is 0.169.